The van der Waals surface area contributed by atoms with Gasteiger partial charge in [-0.3, -0.25) is 0 Å². The smallest absolute Gasteiger partial charge is 0.160 e. The fourth-order valence-corrected chi connectivity index (χ4v) is 9.66. The van der Waals surface area contributed by atoms with Crippen molar-refractivity contribution in [2.75, 3.05) is 0 Å². The third kappa shape index (κ3) is 5.64. The van der Waals surface area contributed by atoms with Crippen molar-refractivity contribution in [2.24, 2.45) is 0 Å². The topological polar surface area (TPSA) is 48.8 Å². The molecule has 4 heterocycles. The minimum atomic E-state index is 0.667. The molecule has 0 unspecified atom stereocenters. The van der Waals surface area contributed by atoms with Crippen LogP contribution < -0.4 is 0 Å². The predicted molar refractivity (Wildman–Crippen MR) is 260 cm³/mol. The lowest BCUT2D eigenvalue weighted by atomic mass is 9.99. The van der Waals surface area contributed by atoms with Gasteiger partial charge in [0.15, 0.2) is 5.82 Å². The molecule has 0 N–H and O–H groups in total. The Hall–Kier alpha value is -8.54. The number of benzene rings is 9. The van der Waals surface area contributed by atoms with Crippen molar-refractivity contribution in [1.82, 2.24) is 19.1 Å². The zero-order chi connectivity index (χ0) is 41.4. The van der Waals surface area contributed by atoms with Gasteiger partial charge in [-0.1, -0.05) is 164 Å². The first-order valence-corrected chi connectivity index (χ1v) is 21.3. The van der Waals surface area contributed by atoms with Crippen LogP contribution in [0.4, 0.5) is 0 Å². The highest BCUT2D eigenvalue weighted by Gasteiger charge is 2.19. The first-order chi connectivity index (χ1) is 31.2. The minimum absolute atomic E-state index is 0.667. The Kier molecular flexibility index (Phi) is 7.84. The van der Waals surface area contributed by atoms with E-state index < -0.39 is 0 Å². The van der Waals surface area contributed by atoms with E-state index in [0.29, 0.717) is 5.82 Å². The van der Waals surface area contributed by atoms with E-state index >= 15 is 0 Å². The summed E-state index contributed by atoms with van der Waals surface area (Å²) < 4.78 is 11.2. The maximum atomic E-state index is 6.43. The Bertz CT molecular complexity index is 3670. The van der Waals surface area contributed by atoms with E-state index in [1.807, 2.05) is 30.3 Å². The first kappa shape index (κ1) is 35.2. The molecule has 0 aliphatic heterocycles. The Balaban J connectivity index is 1.04. The SMILES string of the molecule is c1ccc(-c2nc(-c3ccc(-c4cccc5c4oc4ccccc45)cc3)cc(-c3cc(-n4c5ccccc5c5ccccc54)cc(-n4c5ccccc5c5ccccc54)c3)n2)cc1. The Morgan fingerprint density at radius 1 is 0.317 bits per heavy atom. The third-order valence-electron chi connectivity index (χ3n) is 12.5. The van der Waals surface area contributed by atoms with Crippen LogP contribution in [0.1, 0.15) is 0 Å². The molecular formula is C58H36N4O. The maximum Gasteiger partial charge on any atom is 0.160 e. The summed E-state index contributed by atoms with van der Waals surface area (Å²) in [5.41, 5.74) is 15.2. The van der Waals surface area contributed by atoms with Crippen molar-refractivity contribution in [1.29, 1.82) is 0 Å². The average Bonchev–Trinajstić information content (AvgIpc) is 4.02. The highest BCUT2D eigenvalue weighted by Crippen LogP contribution is 2.40. The summed E-state index contributed by atoms with van der Waals surface area (Å²) in [4.78, 5) is 10.6. The lowest BCUT2D eigenvalue weighted by molar-refractivity contribution is 0.670. The number of aromatic nitrogens is 4. The summed E-state index contributed by atoms with van der Waals surface area (Å²) in [6.45, 7) is 0. The molecule has 0 spiro atoms. The Morgan fingerprint density at radius 3 is 1.35 bits per heavy atom. The molecule has 63 heavy (non-hydrogen) atoms. The highest BCUT2D eigenvalue weighted by atomic mass is 16.3. The van der Waals surface area contributed by atoms with E-state index in [1.165, 1.54) is 21.5 Å². The Labute approximate surface area is 362 Å². The summed E-state index contributed by atoms with van der Waals surface area (Å²) >= 11 is 0. The van der Waals surface area contributed by atoms with Gasteiger partial charge >= 0.3 is 0 Å². The van der Waals surface area contributed by atoms with Gasteiger partial charge in [-0.2, -0.15) is 0 Å². The number of para-hydroxylation sites is 6. The van der Waals surface area contributed by atoms with Crippen LogP contribution in [0.15, 0.2) is 223 Å². The zero-order valence-electron chi connectivity index (χ0n) is 34.0. The van der Waals surface area contributed by atoms with Crippen LogP contribution in [0.2, 0.25) is 0 Å². The minimum Gasteiger partial charge on any atom is -0.455 e. The summed E-state index contributed by atoms with van der Waals surface area (Å²) in [5.74, 6) is 0.667. The molecule has 9 aromatic carbocycles. The summed E-state index contributed by atoms with van der Waals surface area (Å²) in [6, 6.07) is 77.3. The predicted octanol–water partition coefficient (Wildman–Crippen LogP) is 15.2. The molecular weight excluding hydrogens is 769 g/mol. The molecule has 5 nitrogen and oxygen atoms in total. The van der Waals surface area contributed by atoms with Gasteiger partial charge in [0.1, 0.15) is 11.2 Å². The number of hydrogen-bond donors (Lipinski definition) is 0. The van der Waals surface area contributed by atoms with Gasteiger partial charge < -0.3 is 13.6 Å². The van der Waals surface area contributed by atoms with Crippen LogP contribution in [0.5, 0.6) is 0 Å². The second-order valence-electron chi connectivity index (χ2n) is 16.2. The number of furan rings is 1. The number of fused-ring (bicyclic) bond motifs is 9. The lowest BCUT2D eigenvalue weighted by Gasteiger charge is -2.16. The van der Waals surface area contributed by atoms with Crippen molar-refractivity contribution in [2.45, 2.75) is 0 Å². The van der Waals surface area contributed by atoms with E-state index in [0.717, 1.165) is 94.6 Å². The van der Waals surface area contributed by atoms with E-state index in [-0.39, 0.29) is 0 Å². The van der Waals surface area contributed by atoms with E-state index in [2.05, 4.69) is 197 Å². The molecule has 0 aliphatic rings. The number of nitrogens with zero attached hydrogens (tertiary/aromatic N) is 4. The van der Waals surface area contributed by atoms with Gasteiger partial charge in [-0.25, -0.2) is 9.97 Å². The fourth-order valence-electron chi connectivity index (χ4n) is 9.66. The van der Waals surface area contributed by atoms with Gasteiger partial charge in [0, 0.05) is 65.9 Å². The zero-order valence-corrected chi connectivity index (χ0v) is 34.0. The van der Waals surface area contributed by atoms with Gasteiger partial charge in [0.05, 0.1) is 33.5 Å². The van der Waals surface area contributed by atoms with Crippen molar-refractivity contribution in [3.8, 4) is 56.4 Å². The monoisotopic (exact) mass is 804 g/mol. The maximum absolute atomic E-state index is 6.43. The molecule has 13 aromatic rings. The second-order valence-corrected chi connectivity index (χ2v) is 16.2. The molecule has 4 aromatic heterocycles. The molecule has 0 aliphatic carbocycles. The Morgan fingerprint density at radius 2 is 0.778 bits per heavy atom. The second kappa shape index (κ2) is 14.0. The van der Waals surface area contributed by atoms with Gasteiger partial charge in [-0.05, 0) is 60.2 Å². The molecule has 0 saturated heterocycles. The van der Waals surface area contributed by atoms with E-state index in [1.54, 1.807) is 0 Å². The van der Waals surface area contributed by atoms with Crippen LogP contribution >= 0.6 is 0 Å². The molecule has 5 heteroatoms. The van der Waals surface area contributed by atoms with E-state index in [9.17, 15) is 0 Å². The number of rotatable bonds is 6. The van der Waals surface area contributed by atoms with Crippen LogP contribution in [-0.2, 0) is 0 Å². The largest absolute Gasteiger partial charge is 0.455 e. The van der Waals surface area contributed by atoms with Gasteiger partial charge in [0.2, 0.25) is 0 Å². The number of hydrogen-bond acceptors (Lipinski definition) is 3. The molecule has 0 saturated carbocycles. The third-order valence-corrected chi connectivity index (χ3v) is 12.5. The van der Waals surface area contributed by atoms with Crippen LogP contribution in [0.25, 0.3) is 122 Å². The van der Waals surface area contributed by atoms with Crippen molar-refractivity contribution in [3.05, 3.63) is 218 Å². The average molecular weight is 805 g/mol. The summed E-state index contributed by atoms with van der Waals surface area (Å²) in [7, 11) is 0. The molecule has 294 valence electrons. The van der Waals surface area contributed by atoms with Crippen LogP contribution in [0, 0.1) is 0 Å². The summed E-state index contributed by atoms with van der Waals surface area (Å²) in [6.07, 6.45) is 0. The van der Waals surface area contributed by atoms with Crippen molar-refractivity contribution >= 4 is 65.6 Å². The van der Waals surface area contributed by atoms with Crippen LogP contribution in [-0.4, -0.2) is 19.1 Å². The fraction of sp³-hybridized carbons (Fsp3) is 0. The standard InChI is InChI=1S/C58H36N4O/c1-2-15-39(16-3-1)58-59-50(38-31-29-37(30-32-38)43-22-14-23-49-48-21-8-13-28-56(48)63-57(43)49)36-51(60-58)40-33-41(61-52-24-9-4-17-44(52)45-18-5-10-25-53(45)61)35-42(34-40)62-54-26-11-6-19-46(54)47-20-7-12-27-55(47)62/h1-36H. The normalized spacial score (nSPS) is 11.8. The molecule has 0 fully saturated rings. The first-order valence-electron chi connectivity index (χ1n) is 21.3. The van der Waals surface area contributed by atoms with E-state index in [4.69, 9.17) is 14.4 Å². The molecule has 0 amide bonds. The molecule has 0 atom stereocenters. The van der Waals surface area contributed by atoms with Gasteiger partial charge in [-0.15, -0.1) is 0 Å². The van der Waals surface area contributed by atoms with Crippen molar-refractivity contribution in [3.63, 3.8) is 0 Å². The van der Waals surface area contributed by atoms with Crippen LogP contribution in [0.3, 0.4) is 0 Å². The van der Waals surface area contributed by atoms with Gasteiger partial charge in [0.25, 0.3) is 0 Å². The molecule has 13 rings (SSSR count). The lowest BCUT2D eigenvalue weighted by Crippen LogP contribution is -2.01. The van der Waals surface area contributed by atoms with Crippen molar-refractivity contribution < 1.29 is 4.42 Å². The molecule has 0 radical (unpaired) electrons. The highest BCUT2D eigenvalue weighted by molar-refractivity contribution is 6.11. The quantitative estimate of drug-likeness (QED) is 0.168. The molecule has 0 bridgehead atoms. The summed E-state index contributed by atoms with van der Waals surface area (Å²) in [5, 5.41) is 7.10.